The Kier molecular flexibility index (Phi) is 11.0. The number of rotatable bonds is 12. The van der Waals surface area contributed by atoms with Gasteiger partial charge in [-0.3, -0.25) is 4.57 Å². The highest BCUT2D eigenvalue weighted by Crippen LogP contribution is 2.47. The topological polar surface area (TPSA) is 50.8 Å². The van der Waals surface area contributed by atoms with Crippen molar-refractivity contribution in [2.45, 2.75) is 26.7 Å². The molecule has 0 heterocycles. The second-order valence-electron chi connectivity index (χ2n) is 4.43. The lowest BCUT2D eigenvalue weighted by atomic mass is 10.3. The van der Waals surface area contributed by atoms with Gasteiger partial charge in [-0.25, -0.2) is 0 Å². The van der Waals surface area contributed by atoms with E-state index in [4.69, 9.17) is 9.05 Å². The molecule has 0 unspecified atom stereocenters. The Balaban J connectivity index is 3.58. The second kappa shape index (κ2) is 10.9. The van der Waals surface area contributed by atoms with Crippen molar-refractivity contribution in [1.29, 1.82) is 0 Å². The van der Waals surface area contributed by atoms with Crippen LogP contribution in [0.3, 0.4) is 0 Å². The Morgan fingerprint density at radius 1 is 1.06 bits per heavy atom. The molecule has 1 N–H and O–H groups in total. The van der Waals surface area contributed by atoms with Crippen molar-refractivity contribution in [3.05, 3.63) is 0 Å². The Hall–Kier alpha value is 0.0700. The van der Waals surface area contributed by atoms with Gasteiger partial charge in [-0.2, -0.15) is 0 Å². The lowest BCUT2D eigenvalue weighted by molar-refractivity contribution is 0.220. The minimum absolute atomic E-state index is 0.431. The molecule has 0 saturated carbocycles. The van der Waals surface area contributed by atoms with Gasteiger partial charge in [0.2, 0.25) is 0 Å². The maximum Gasteiger partial charge on any atom is 0.331 e. The third-order valence-corrected chi connectivity index (χ3v) is 4.50. The van der Waals surface area contributed by atoms with Crippen molar-refractivity contribution in [3.8, 4) is 0 Å². The molecule has 5 nitrogen and oxygen atoms in total. The van der Waals surface area contributed by atoms with E-state index < -0.39 is 7.60 Å². The zero-order chi connectivity index (χ0) is 13.9. The summed E-state index contributed by atoms with van der Waals surface area (Å²) >= 11 is 0. The van der Waals surface area contributed by atoms with Gasteiger partial charge in [0.15, 0.2) is 0 Å². The summed E-state index contributed by atoms with van der Waals surface area (Å²) in [5, 5.41) is 3.28. The van der Waals surface area contributed by atoms with Gasteiger partial charge >= 0.3 is 7.60 Å². The van der Waals surface area contributed by atoms with E-state index in [0.29, 0.717) is 25.9 Å². The fourth-order valence-electron chi connectivity index (χ4n) is 1.58. The van der Waals surface area contributed by atoms with E-state index >= 15 is 0 Å². The molecule has 0 fully saturated rings. The normalized spacial score (nSPS) is 12.3. The third kappa shape index (κ3) is 10.0. The van der Waals surface area contributed by atoms with Crippen LogP contribution in [0.4, 0.5) is 0 Å². The first-order chi connectivity index (χ1) is 8.54. The Morgan fingerprint density at radius 2 is 1.67 bits per heavy atom. The van der Waals surface area contributed by atoms with Crippen LogP contribution in [0.15, 0.2) is 0 Å². The summed E-state index contributed by atoms with van der Waals surface area (Å²) in [5.41, 5.74) is 0. The predicted molar refractivity (Wildman–Crippen MR) is 76.4 cm³/mol. The van der Waals surface area contributed by atoms with Crippen LogP contribution in [0.25, 0.3) is 0 Å². The zero-order valence-corrected chi connectivity index (χ0v) is 13.2. The number of hydrogen-bond acceptors (Lipinski definition) is 5. The van der Waals surface area contributed by atoms with Gasteiger partial charge in [-0.15, -0.1) is 0 Å². The van der Waals surface area contributed by atoms with Crippen LogP contribution in [0.5, 0.6) is 0 Å². The maximum atomic E-state index is 12.1. The number of nitrogens with one attached hydrogen (secondary N) is 1. The quantitative estimate of drug-likeness (QED) is 0.438. The highest BCUT2D eigenvalue weighted by molar-refractivity contribution is 7.53. The molecular weight excluding hydrogens is 251 g/mol. The molecule has 0 bridgehead atoms. The minimum Gasteiger partial charge on any atom is -0.316 e. The van der Waals surface area contributed by atoms with Gasteiger partial charge in [-0.1, -0.05) is 0 Å². The van der Waals surface area contributed by atoms with Crippen molar-refractivity contribution in [1.82, 2.24) is 10.2 Å². The Bertz CT molecular complexity index is 227. The molecule has 0 aliphatic heterocycles. The summed E-state index contributed by atoms with van der Waals surface area (Å²) in [5.74, 6) is 0. The molecule has 18 heavy (non-hydrogen) atoms. The molecule has 0 amide bonds. The van der Waals surface area contributed by atoms with E-state index in [1.807, 2.05) is 13.8 Å². The first kappa shape index (κ1) is 18.1. The smallest absolute Gasteiger partial charge is 0.316 e. The van der Waals surface area contributed by atoms with E-state index in [9.17, 15) is 4.57 Å². The van der Waals surface area contributed by atoms with E-state index in [1.165, 1.54) is 6.42 Å². The second-order valence-corrected chi connectivity index (χ2v) is 6.62. The lowest BCUT2D eigenvalue weighted by Gasteiger charge is -2.17. The van der Waals surface area contributed by atoms with Crippen LogP contribution in [-0.2, 0) is 13.6 Å². The van der Waals surface area contributed by atoms with Crippen molar-refractivity contribution in [2.24, 2.45) is 0 Å². The van der Waals surface area contributed by atoms with Crippen LogP contribution >= 0.6 is 7.60 Å². The Morgan fingerprint density at radius 3 is 2.17 bits per heavy atom. The number of hydrogen-bond donors (Lipinski definition) is 1. The number of nitrogens with zero attached hydrogens (tertiary/aromatic N) is 1. The standard InChI is InChI=1S/C12H29N2O3P/c1-5-16-18(15,17-6-2)12-10-13-9-7-8-11-14(3)4/h13H,5-12H2,1-4H3. The zero-order valence-electron chi connectivity index (χ0n) is 12.3. The molecule has 0 radical (unpaired) electrons. The summed E-state index contributed by atoms with van der Waals surface area (Å²) in [4.78, 5) is 2.18. The van der Waals surface area contributed by atoms with Gasteiger partial charge < -0.3 is 19.3 Å². The minimum atomic E-state index is -2.86. The molecule has 0 aliphatic carbocycles. The summed E-state index contributed by atoms with van der Waals surface area (Å²) in [7, 11) is 1.29. The van der Waals surface area contributed by atoms with Crippen molar-refractivity contribution in [2.75, 3.05) is 53.1 Å². The molecular formula is C12H29N2O3P. The summed E-state index contributed by atoms with van der Waals surface area (Å²) < 4.78 is 22.5. The van der Waals surface area contributed by atoms with Crippen LogP contribution in [0.2, 0.25) is 0 Å². The molecule has 0 atom stereocenters. The highest BCUT2D eigenvalue weighted by Gasteiger charge is 2.22. The monoisotopic (exact) mass is 280 g/mol. The lowest BCUT2D eigenvalue weighted by Crippen LogP contribution is -2.22. The molecule has 110 valence electrons. The molecule has 0 aliphatic rings. The van der Waals surface area contributed by atoms with Crippen LogP contribution in [0, 0.1) is 0 Å². The number of unbranched alkanes of at least 4 members (excludes halogenated alkanes) is 1. The summed E-state index contributed by atoms with van der Waals surface area (Å²) in [6, 6.07) is 0. The summed E-state index contributed by atoms with van der Waals surface area (Å²) in [6.45, 7) is 7.27. The molecule has 6 heteroatoms. The van der Waals surface area contributed by atoms with Gasteiger partial charge in [-0.05, 0) is 53.9 Å². The van der Waals surface area contributed by atoms with E-state index in [2.05, 4.69) is 24.3 Å². The molecule has 0 rings (SSSR count). The molecule has 0 aromatic carbocycles. The average Bonchev–Trinajstić information content (AvgIpc) is 2.28. The van der Waals surface area contributed by atoms with E-state index in [-0.39, 0.29) is 0 Å². The molecule has 0 aromatic rings. The first-order valence-corrected chi connectivity index (χ1v) is 8.50. The fraction of sp³-hybridized carbons (Fsp3) is 1.00. The van der Waals surface area contributed by atoms with E-state index in [0.717, 1.165) is 19.5 Å². The van der Waals surface area contributed by atoms with E-state index in [1.54, 1.807) is 0 Å². The van der Waals surface area contributed by atoms with Crippen LogP contribution in [0.1, 0.15) is 26.7 Å². The molecule has 0 aromatic heterocycles. The fourth-order valence-corrected chi connectivity index (χ4v) is 3.13. The maximum absolute atomic E-state index is 12.1. The highest BCUT2D eigenvalue weighted by atomic mass is 31.2. The SMILES string of the molecule is CCOP(=O)(CCNCCCCN(C)C)OCC. The van der Waals surface area contributed by atoms with Crippen molar-refractivity contribution < 1.29 is 13.6 Å². The van der Waals surface area contributed by atoms with Gasteiger partial charge in [0.25, 0.3) is 0 Å². The predicted octanol–water partition coefficient (Wildman–Crippen LogP) is 2.18. The van der Waals surface area contributed by atoms with Crippen LogP contribution < -0.4 is 5.32 Å². The van der Waals surface area contributed by atoms with Crippen molar-refractivity contribution >= 4 is 7.60 Å². The third-order valence-electron chi connectivity index (χ3n) is 2.42. The summed E-state index contributed by atoms with van der Waals surface area (Å²) in [6.07, 6.45) is 2.75. The van der Waals surface area contributed by atoms with Gasteiger partial charge in [0.05, 0.1) is 19.4 Å². The first-order valence-electron chi connectivity index (χ1n) is 6.77. The molecule has 0 saturated heterocycles. The largest absolute Gasteiger partial charge is 0.331 e. The Labute approximate surface area is 112 Å². The van der Waals surface area contributed by atoms with Gasteiger partial charge in [0.1, 0.15) is 0 Å². The average molecular weight is 280 g/mol. The van der Waals surface area contributed by atoms with Crippen molar-refractivity contribution in [3.63, 3.8) is 0 Å². The van der Waals surface area contributed by atoms with Crippen LogP contribution in [-0.4, -0.2) is 58.0 Å². The molecule has 0 spiro atoms. The van der Waals surface area contributed by atoms with Gasteiger partial charge in [0, 0.05) is 6.54 Å².